The number of hydrogen-bond donors (Lipinski definition) is 0. The highest BCUT2D eigenvalue weighted by molar-refractivity contribution is 7.89. The molecule has 0 aliphatic rings. The van der Waals surface area contributed by atoms with Gasteiger partial charge in [-0.05, 0) is 55.7 Å². The van der Waals surface area contributed by atoms with Crippen molar-refractivity contribution in [3.8, 4) is 0 Å². The first kappa shape index (κ1) is 16.6. The van der Waals surface area contributed by atoms with Crippen molar-refractivity contribution in [3.05, 3.63) is 59.2 Å². The van der Waals surface area contributed by atoms with E-state index in [0.717, 1.165) is 5.56 Å². The Balaban J connectivity index is 2.42. The second kappa shape index (κ2) is 6.14. The molecule has 0 spiro atoms. The van der Waals surface area contributed by atoms with Crippen molar-refractivity contribution in [1.82, 2.24) is 9.29 Å². The first-order chi connectivity index (χ1) is 10.2. The summed E-state index contributed by atoms with van der Waals surface area (Å²) in [4.78, 5) is 4.11. The van der Waals surface area contributed by atoms with Crippen molar-refractivity contribution < 1.29 is 12.8 Å². The van der Waals surface area contributed by atoms with Crippen LogP contribution in [0.1, 0.15) is 29.7 Å². The van der Waals surface area contributed by atoms with Gasteiger partial charge in [-0.2, -0.15) is 4.31 Å². The van der Waals surface area contributed by atoms with Crippen LogP contribution >= 0.6 is 0 Å². The van der Waals surface area contributed by atoms with Gasteiger partial charge in [0, 0.05) is 25.5 Å². The fraction of sp³-hybridized carbons (Fsp3) is 0.312. The van der Waals surface area contributed by atoms with E-state index >= 15 is 0 Å². The number of hydrogen-bond acceptors (Lipinski definition) is 3. The molecule has 0 amide bonds. The Morgan fingerprint density at radius 3 is 2.32 bits per heavy atom. The third-order valence-electron chi connectivity index (χ3n) is 3.80. The Morgan fingerprint density at radius 2 is 1.82 bits per heavy atom. The third-order valence-corrected chi connectivity index (χ3v) is 5.71. The standard InChI is InChI=1S/C16H19FN2O2S/c1-11-8-15(9-12(2)16(11)17)22(20,21)19(4)13(3)14-6-5-7-18-10-14/h5-10,13H,1-4H3. The summed E-state index contributed by atoms with van der Waals surface area (Å²) in [7, 11) is -2.19. The maximum Gasteiger partial charge on any atom is 0.243 e. The Labute approximate surface area is 130 Å². The minimum absolute atomic E-state index is 0.0992. The van der Waals surface area contributed by atoms with E-state index < -0.39 is 10.0 Å². The predicted molar refractivity (Wildman–Crippen MR) is 83.5 cm³/mol. The van der Waals surface area contributed by atoms with Crippen molar-refractivity contribution >= 4 is 10.0 Å². The molecule has 22 heavy (non-hydrogen) atoms. The molecule has 0 N–H and O–H groups in total. The molecule has 2 aromatic rings. The number of aromatic nitrogens is 1. The van der Waals surface area contributed by atoms with Crippen LogP contribution < -0.4 is 0 Å². The van der Waals surface area contributed by atoms with Crippen molar-refractivity contribution in [3.63, 3.8) is 0 Å². The van der Waals surface area contributed by atoms with Crippen LogP contribution in [0.3, 0.4) is 0 Å². The number of halogens is 1. The average Bonchev–Trinajstić information content (AvgIpc) is 2.51. The van der Waals surface area contributed by atoms with Crippen LogP contribution in [0.4, 0.5) is 4.39 Å². The van der Waals surface area contributed by atoms with Gasteiger partial charge in [-0.25, -0.2) is 12.8 Å². The van der Waals surface area contributed by atoms with Crippen LogP contribution in [0.25, 0.3) is 0 Å². The van der Waals surface area contributed by atoms with Gasteiger partial charge in [-0.15, -0.1) is 0 Å². The number of pyridine rings is 1. The quantitative estimate of drug-likeness (QED) is 0.868. The molecule has 0 radical (unpaired) electrons. The molecule has 0 saturated heterocycles. The Hall–Kier alpha value is -1.79. The highest BCUT2D eigenvalue weighted by Gasteiger charge is 2.27. The average molecular weight is 322 g/mol. The second-order valence-corrected chi connectivity index (χ2v) is 7.35. The molecule has 1 unspecified atom stereocenters. The maximum absolute atomic E-state index is 13.7. The minimum Gasteiger partial charge on any atom is -0.264 e. The number of aryl methyl sites for hydroxylation is 2. The number of sulfonamides is 1. The molecule has 0 saturated carbocycles. The summed E-state index contributed by atoms with van der Waals surface area (Å²) < 4.78 is 40.5. The molecule has 0 fully saturated rings. The highest BCUT2D eigenvalue weighted by Crippen LogP contribution is 2.27. The summed E-state index contributed by atoms with van der Waals surface area (Å²) in [6.45, 7) is 4.91. The predicted octanol–water partition coefficient (Wildman–Crippen LogP) is 3.22. The van der Waals surface area contributed by atoms with Crippen LogP contribution in [0.5, 0.6) is 0 Å². The lowest BCUT2D eigenvalue weighted by Crippen LogP contribution is -2.30. The summed E-state index contributed by atoms with van der Waals surface area (Å²) in [5, 5.41) is 0. The molecule has 1 atom stereocenters. The molecule has 118 valence electrons. The lowest BCUT2D eigenvalue weighted by atomic mass is 10.1. The van der Waals surface area contributed by atoms with Gasteiger partial charge in [0.15, 0.2) is 0 Å². The summed E-state index contributed by atoms with van der Waals surface area (Å²) in [5.74, 6) is -0.373. The Morgan fingerprint density at radius 1 is 1.23 bits per heavy atom. The monoisotopic (exact) mass is 322 g/mol. The van der Waals surface area contributed by atoms with Crippen molar-refractivity contribution in [2.45, 2.75) is 31.7 Å². The lowest BCUT2D eigenvalue weighted by Gasteiger charge is -2.24. The van der Waals surface area contributed by atoms with Gasteiger partial charge in [0.2, 0.25) is 10.0 Å². The van der Waals surface area contributed by atoms with Crippen LogP contribution in [-0.4, -0.2) is 24.8 Å². The molecule has 4 nitrogen and oxygen atoms in total. The van der Waals surface area contributed by atoms with Gasteiger partial charge in [0.05, 0.1) is 4.90 Å². The lowest BCUT2D eigenvalue weighted by molar-refractivity contribution is 0.397. The number of rotatable bonds is 4. The molecule has 1 aromatic heterocycles. The van der Waals surface area contributed by atoms with Crippen molar-refractivity contribution in [2.24, 2.45) is 0 Å². The normalized spacial score (nSPS) is 13.4. The van der Waals surface area contributed by atoms with E-state index in [-0.39, 0.29) is 16.8 Å². The fourth-order valence-corrected chi connectivity index (χ4v) is 3.78. The highest BCUT2D eigenvalue weighted by atomic mass is 32.2. The topological polar surface area (TPSA) is 50.3 Å². The number of nitrogens with zero attached hydrogens (tertiary/aromatic N) is 2. The summed E-state index contributed by atoms with van der Waals surface area (Å²) >= 11 is 0. The maximum atomic E-state index is 13.7. The zero-order chi connectivity index (χ0) is 16.5. The summed E-state index contributed by atoms with van der Waals surface area (Å²) in [5.41, 5.74) is 1.44. The van der Waals surface area contributed by atoms with Gasteiger partial charge in [-0.1, -0.05) is 6.07 Å². The molecule has 2 rings (SSSR count). The molecule has 1 aromatic carbocycles. The second-order valence-electron chi connectivity index (χ2n) is 5.35. The van der Waals surface area contributed by atoms with E-state index in [1.807, 2.05) is 6.07 Å². The number of benzene rings is 1. The SMILES string of the molecule is Cc1cc(S(=O)(=O)N(C)C(C)c2cccnc2)cc(C)c1F. The summed E-state index contributed by atoms with van der Waals surface area (Å²) in [6, 6.07) is 5.95. The van der Waals surface area contributed by atoms with Gasteiger partial charge >= 0.3 is 0 Å². The third kappa shape index (κ3) is 3.03. The van der Waals surface area contributed by atoms with E-state index in [2.05, 4.69) is 4.98 Å². The van der Waals surface area contributed by atoms with Gasteiger partial charge < -0.3 is 0 Å². The van der Waals surface area contributed by atoms with Gasteiger partial charge in [0.25, 0.3) is 0 Å². The van der Waals surface area contributed by atoms with E-state index in [1.165, 1.54) is 23.5 Å². The first-order valence-corrected chi connectivity index (χ1v) is 8.34. The molecule has 0 aliphatic heterocycles. The molecule has 0 bridgehead atoms. The minimum atomic E-state index is -3.71. The molecule has 0 aliphatic carbocycles. The van der Waals surface area contributed by atoms with E-state index in [4.69, 9.17) is 0 Å². The van der Waals surface area contributed by atoms with E-state index in [9.17, 15) is 12.8 Å². The first-order valence-electron chi connectivity index (χ1n) is 6.90. The zero-order valence-corrected chi connectivity index (χ0v) is 13.9. The van der Waals surface area contributed by atoms with Crippen LogP contribution in [-0.2, 0) is 10.0 Å². The Bertz CT molecular complexity index is 753. The van der Waals surface area contributed by atoms with Gasteiger partial charge in [0.1, 0.15) is 5.82 Å². The largest absolute Gasteiger partial charge is 0.264 e. The molecule has 1 heterocycles. The van der Waals surface area contributed by atoms with Crippen LogP contribution in [0.15, 0.2) is 41.6 Å². The Kier molecular flexibility index (Phi) is 4.63. The summed E-state index contributed by atoms with van der Waals surface area (Å²) in [6.07, 6.45) is 3.27. The van der Waals surface area contributed by atoms with Crippen LogP contribution in [0.2, 0.25) is 0 Å². The van der Waals surface area contributed by atoms with Gasteiger partial charge in [-0.3, -0.25) is 4.98 Å². The van der Waals surface area contributed by atoms with Crippen LogP contribution in [0, 0.1) is 19.7 Å². The molecular weight excluding hydrogens is 303 g/mol. The van der Waals surface area contributed by atoms with Crippen molar-refractivity contribution in [2.75, 3.05) is 7.05 Å². The molecule has 6 heteroatoms. The smallest absolute Gasteiger partial charge is 0.243 e. The van der Waals surface area contributed by atoms with E-state index in [1.54, 1.807) is 39.2 Å². The molecular formula is C16H19FN2O2S. The zero-order valence-electron chi connectivity index (χ0n) is 13.0. The fourth-order valence-electron chi connectivity index (χ4n) is 2.26. The van der Waals surface area contributed by atoms with E-state index in [0.29, 0.717) is 11.1 Å². The van der Waals surface area contributed by atoms with Crippen molar-refractivity contribution in [1.29, 1.82) is 0 Å².